The number of amides is 1. The van der Waals surface area contributed by atoms with Gasteiger partial charge < -0.3 is 19.8 Å². The molecule has 0 bridgehead atoms. The van der Waals surface area contributed by atoms with Crippen molar-refractivity contribution in [2.24, 2.45) is 0 Å². The van der Waals surface area contributed by atoms with Crippen molar-refractivity contribution in [2.75, 3.05) is 39.5 Å². The Kier molecular flexibility index (Phi) is 7.54. The van der Waals surface area contributed by atoms with Crippen LogP contribution in [0.5, 0.6) is 5.75 Å². The number of carbonyl (C=O) groups excluding carboxylic acids is 1. The average Bonchev–Trinajstić information content (AvgIpc) is 2.86. The van der Waals surface area contributed by atoms with E-state index in [1.807, 2.05) is 24.3 Å². The lowest BCUT2D eigenvalue weighted by Gasteiger charge is -2.26. The molecule has 1 saturated heterocycles. The zero-order valence-electron chi connectivity index (χ0n) is 19.7. The minimum absolute atomic E-state index is 0.0566. The number of nitrogens with one attached hydrogen (secondary N) is 2. The van der Waals surface area contributed by atoms with Crippen LogP contribution in [0.3, 0.4) is 0 Å². The first kappa shape index (κ1) is 24.9. The molecule has 2 N–H and O–H groups in total. The van der Waals surface area contributed by atoms with Crippen LogP contribution in [0.4, 0.5) is 0 Å². The molecule has 35 heavy (non-hydrogen) atoms. The summed E-state index contributed by atoms with van der Waals surface area (Å²) in [6, 6.07) is 13.3. The number of benzene rings is 2. The number of aromatic nitrogens is 1. The first-order chi connectivity index (χ1) is 16.8. The van der Waals surface area contributed by atoms with Gasteiger partial charge in [0.25, 0.3) is 5.91 Å². The van der Waals surface area contributed by atoms with Gasteiger partial charge in [-0.1, -0.05) is 26.0 Å². The van der Waals surface area contributed by atoms with Crippen molar-refractivity contribution < 1.29 is 22.7 Å². The predicted octanol–water partition coefficient (Wildman–Crippen LogP) is 2.48. The molecule has 0 radical (unpaired) electrons. The number of ether oxygens (including phenoxy) is 2. The fourth-order valence-corrected chi connectivity index (χ4v) is 5.33. The summed E-state index contributed by atoms with van der Waals surface area (Å²) in [5.74, 6) is 0.639. The molecule has 1 amide bonds. The maximum atomic E-state index is 13.1. The van der Waals surface area contributed by atoms with Crippen molar-refractivity contribution in [3.8, 4) is 5.75 Å². The Balaban J connectivity index is 1.48. The van der Waals surface area contributed by atoms with Crippen molar-refractivity contribution in [3.63, 3.8) is 0 Å². The second-order valence-corrected chi connectivity index (χ2v) is 10.5. The molecule has 1 aromatic heterocycles. The van der Waals surface area contributed by atoms with Gasteiger partial charge in [-0.15, -0.1) is 0 Å². The summed E-state index contributed by atoms with van der Waals surface area (Å²) in [5.41, 5.74) is 1.24. The number of morpholine rings is 1. The summed E-state index contributed by atoms with van der Waals surface area (Å²) in [6.45, 7) is 5.87. The van der Waals surface area contributed by atoms with Gasteiger partial charge in [0.05, 0.1) is 30.2 Å². The van der Waals surface area contributed by atoms with E-state index >= 15 is 0 Å². The molecule has 1 aliphatic rings. The van der Waals surface area contributed by atoms with Crippen LogP contribution in [0.25, 0.3) is 10.9 Å². The first-order valence-electron chi connectivity index (χ1n) is 11.5. The smallest absolute Gasteiger partial charge is 0.252 e. The number of hydrogen-bond donors (Lipinski definition) is 2. The number of sulfonamides is 1. The van der Waals surface area contributed by atoms with E-state index in [2.05, 4.69) is 24.1 Å². The monoisotopic (exact) mass is 499 g/mol. The minimum atomic E-state index is -3.76. The van der Waals surface area contributed by atoms with Gasteiger partial charge in [0.1, 0.15) is 12.4 Å². The van der Waals surface area contributed by atoms with Gasteiger partial charge in [0.2, 0.25) is 15.6 Å². The molecule has 2 aromatic carbocycles. The maximum absolute atomic E-state index is 13.1. The summed E-state index contributed by atoms with van der Waals surface area (Å²) in [4.78, 5) is 27.7. The molecule has 2 heterocycles. The van der Waals surface area contributed by atoms with Crippen LogP contribution in [0.1, 0.15) is 35.7 Å². The lowest BCUT2D eigenvalue weighted by Crippen LogP contribution is -2.40. The van der Waals surface area contributed by atoms with E-state index in [1.54, 1.807) is 0 Å². The number of fused-ring (bicyclic) bond motifs is 1. The number of H-pyrrole nitrogens is 1. The Morgan fingerprint density at radius 2 is 1.83 bits per heavy atom. The van der Waals surface area contributed by atoms with E-state index in [-0.39, 0.29) is 36.7 Å². The fraction of sp³-hybridized carbons (Fsp3) is 0.360. The summed E-state index contributed by atoms with van der Waals surface area (Å²) >= 11 is 0. The minimum Gasteiger partial charge on any atom is -0.492 e. The molecule has 9 nitrogen and oxygen atoms in total. The van der Waals surface area contributed by atoms with Crippen LogP contribution in [-0.4, -0.2) is 63.1 Å². The van der Waals surface area contributed by atoms with Gasteiger partial charge in [0, 0.05) is 30.1 Å². The third-order valence-corrected chi connectivity index (χ3v) is 7.76. The Bertz CT molecular complexity index is 1360. The number of hydrogen-bond acceptors (Lipinski definition) is 6. The predicted molar refractivity (Wildman–Crippen MR) is 133 cm³/mol. The molecular weight excluding hydrogens is 470 g/mol. The van der Waals surface area contributed by atoms with Gasteiger partial charge in [-0.3, -0.25) is 9.59 Å². The molecule has 0 aliphatic carbocycles. The maximum Gasteiger partial charge on any atom is 0.252 e. The highest BCUT2D eigenvalue weighted by Gasteiger charge is 2.27. The quantitative estimate of drug-likeness (QED) is 0.460. The van der Waals surface area contributed by atoms with Crippen LogP contribution >= 0.6 is 0 Å². The van der Waals surface area contributed by atoms with Crippen molar-refractivity contribution >= 4 is 26.8 Å². The lowest BCUT2D eigenvalue weighted by molar-refractivity contribution is 0.0730. The molecule has 3 aromatic rings. The lowest BCUT2D eigenvalue weighted by atomic mass is 10.0. The highest BCUT2D eigenvalue weighted by molar-refractivity contribution is 7.89. The van der Waals surface area contributed by atoms with E-state index in [9.17, 15) is 18.0 Å². The van der Waals surface area contributed by atoms with Crippen LogP contribution in [0.2, 0.25) is 0 Å². The van der Waals surface area contributed by atoms with Crippen LogP contribution in [-0.2, 0) is 14.8 Å². The van der Waals surface area contributed by atoms with E-state index in [4.69, 9.17) is 9.47 Å². The SMILES string of the molecule is CC(C)c1ccc(OCCNC(=O)c2cc(=O)[nH]c3ccc(S(=O)(=O)N4CCOCC4)cc23)cc1. The van der Waals surface area contributed by atoms with Crippen LogP contribution in [0, 0.1) is 0 Å². The van der Waals surface area contributed by atoms with Gasteiger partial charge in [-0.25, -0.2) is 8.42 Å². The Morgan fingerprint density at radius 3 is 2.51 bits per heavy atom. The molecule has 4 rings (SSSR count). The fourth-order valence-electron chi connectivity index (χ4n) is 3.89. The zero-order valence-corrected chi connectivity index (χ0v) is 20.6. The highest BCUT2D eigenvalue weighted by Crippen LogP contribution is 2.23. The largest absolute Gasteiger partial charge is 0.492 e. The number of nitrogens with zero attached hydrogens (tertiary/aromatic N) is 1. The molecule has 0 unspecified atom stereocenters. The Hall–Kier alpha value is -3.21. The first-order valence-corrected chi connectivity index (χ1v) is 13.0. The summed E-state index contributed by atoms with van der Waals surface area (Å²) in [5, 5.41) is 3.10. The van der Waals surface area contributed by atoms with Crippen molar-refractivity contribution in [1.29, 1.82) is 0 Å². The molecule has 0 atom stereocenters. The summed E-state index contributed by atoms with van der Waals surface area (Å²) in [6.07, 6.45) is 0. The van der Waals surface area contributed by atoms with Crippen LogP contribution in [0.15, 0.2) is 58.2 Å². The van der Waals surface area contributed by atoms with Crippen molar-refractivity contribution in [2.45, 2.75) is 24.7 Å². The van der Waals surface area contributed by atoms with Crippen molar-refractivity contribution in [3.05, 3.63) is 70.0 Å². The third-order valence-electron chi connectivity index (χ3n) is 5.87. The second kappa shape index (κ2) is 10.6. The van der Waals surface area contributed by atoms with E-state index < -0.39 is 21.5 Å². The summed E-state index contributed by atoms with van der Waals surface area (Å²) < 4.78 is 38.4. The van der Waals surface area contributed by atoms with E-state index in [0.29, 0.717) is 35.8 Å². The number of carbonyl (C=O) groups is 1. The van der Waals surface area contributed by atoms with Gasteiger partial charge >= 0.3 is 0 Å². The van der Waals surface area contributed by atoms with Gasteiger partial charge in [0.15, 0.2) is 0 Å². The number of rotatable bonds is 8. The van der Waals surface area contributed by atoms with Crippen molar-refractivity contribution in [1.82, 2.24) is 14.6 Å². The molecule has 186 valence electrons. The second-order valence-electron chi connectivity index (χ2n) is 8.60. The highest BCUT2D eigenvalue weighted by atomic mass is 32.2. The number of pyridine rings is 1. The standard InChI is InChI=1S/C25H29N3O6S/c1-17(2)18-3-5-19(6-4-18)34-12-9-26-25(30)22-16-24(29)27-23-8-7-20(15-21(22)23)35(31,32)28-10-13-33-14-11-28/h3-8,15-17H,9-14H2,1-2H3,(H,26,30)(H,27,29). The van der Waals surface area contributed by atoms with Crippen LogP contribution < -0.4 is 15.6 Å². The Labute approximate surface area is 204 Å². The van der Waals surface area contributed by atoms with E-state index in [1.165, 1.54) is 34.1 Å². The van der Waals surface area contributed by atoms with Gasteiger partial charge in [-0.2, -0.15) is 4.31 Å². The molecule has 0 saturated carbocycles. The normalized spacial score (nSPS) is 14.8. The average molecular weight is 500 g/mol. The molecule has 1 aliphatic heterocycles. The van der Waals surface area contributed by atoms with E-state index in [0.717, 1.165) is 0 Å². The summed E-state index contributed by atoms with van der Waals surface area (Å²) in [7, 11) is -3.76. The van der Waals surface area contributed by atoms with Gasteiger partial charge in [-0.05, 0) is 41.8 Å². The topological polar surface area (TPSA) is 118 Å². The molecule has 1 fully saturated rings. The zero-order chi connectivity index (χ0) is 25.0. The Morgan fingerprint density at radius 1 is 1.11 bits per heavy atom. The molecular formula is C25H29N3O6S. The molecule has 0 spiro atoms. The third kappa shape index (κ3) is 5.72. The molecule has 10 heteroatoms. The number of aromatic amines is 1.